The van der Waals surface area contributed by atoms with E-state index in [4.69, 9.17) is 9.47 Å². The summed E-state index contributed by atoms with van der Waals surface area (Å²) in [4.78, 5) is 12.1. The van der Waals surface area contributed by atoms with Gasteiger partial charge in [-0.15, -0.1) is 0 Å². The number of ether oxygens (including phenoxy) is 2. The number of rotatable bonds is 2. The Balaban J connectivity index is 2.18. The van der Waals surface area contributed by atoms with Crippen LogP contribution < -0.4 is 4.74 Å². The zero-order valence-corrected chi connectivity index (χ0v) is 11.4. The normalized spacial score (nSPS) is 16.9. The second-order valence-electron chi connectivity index (χ2n) is 4.66. The maximum absolute atomic E-state index is 12.1. The van der Waals surface area contributed by atoms with Crippen molar-refractivity contribution in [2.24, 2.45) is 0 Å². The number of carbonyl (C=O) groups is 1. The van der Waals surface area contributed by atoms with Gasteiger partial charge in [0.25, 0.3) is 0 Å². The number of hydrogen-bond acceptors (Lipinski definition) is 4. The number of aliphatic hydroxyl groups is 1. The van der Waals surface area contributed by atoms with E-state index < -0.39 is 12.1 Å². The van der Waals surface area contributed by atoms with E-state index in [1.54, 1.807) is 18.2 Å². The van der Waals surface area contributed by atoms with Gasteiger partial charge in [-0.25, -0.2) is 4.79 Å². The van der Waals surface area contributed by atoms with Crippen molar-refractivity contribution in [2.75, 3.05) is 7.11 Å². The molecule has 106 valence electrons. The van der Waals surface area contributed by atoms with E-state index in [1.807, 2.05) is 36.4 Å². The minimum Gasteiger partial charge on any atom is -0.506 e. The standard InChI is InChI=1S/C17H14O4/c1-20-17(19)14-15(18)12-9-5-6-10-13(12)21-16(14)11-7-3-2-4-8-11/h2-10,16,18H,1H3. The number of hydrogen-bond donors (Lipinski definition) is 1. The molecule has 0 fully saturated rings. The van der Waals surface area contributed by atoms with E-state index in [1.165, 1.54) is 7.11 Å². The van der Waals surface area contributed by atoms with Gasteiger partial charge in [0.2, 0.25) is 0 Å². The van der Waals surface area contributed by atoms with Gasteiger partial charge < -0.3 is 14.6 Å². The van der Waals surface area contributed by atoms with Crippen LogP contribution in [0.5, 0.6) is 5.75 Å². The summed E-state index contributed by atoms with van der Waals surface area (Å²) in [5, 5.41) is 10.5. The molecule has 2 aromatic rings. The van der Waals surface area contributed by atoms with E-state index in [0.717, 1.165) is 5.56 Å². The van der Waals surface area contributed by atoms with E-state index in [9.17, 15) is 9.90 Å². The number of methoxy groups -OCH3 is 1. The molecule has 0 spiro atoms. The highest BCUT2D eigenvalue weighted by molar-refractivity contribution is 5.98. The Morgan fingerprint density at radius 2 is 1.76 bits per heavy atom. The van der Waals surface area contributed by atoms with Crippen LogP contribution >= 0.6 is 0 Å². The van der Waals surface area contributed by atoms with Crippen LogP contribution in [0.3, 0.4) is 0 Å². The Morgan fingerprint density at radius 1 is 1.10 bits per heavy atom. The molecular formula is C17H14O4. The van der Waals surface area contributed by atoms with Crippen LogP contribution in [0.15, 0.2) is 60.2 Å². The Labute approximate surface area is 122 Å². The lowest BCUT2D eigenvalue weighted by atomic mass is 9.94. The fourth-order valence-electron chi connectivity index (χ4n) is 2.40. The zero-order valence-electron chi connectivity index (χ0n) is 11.4. The molecule has 4 nitrogen and oxygen atoms in total. The number of fused-ring (bicyclic) bond motifs is 1. The summed E-state index contributed by atoms with van der Waals surface area (Å²) >= 11 is 0. The Morgan fingerprint density at radius 3 is 2.48 bits per heavy atom. The second-order valence-corrected chi connectivity index (χ2v) is 4.66. The van der Waals surface area contributed by atoms with E-state index in [-0.39, 0.29) is 11.3 Å². The van der Waals surface area contributed by atoms with Crippen molar-refractivity contribution in [1.82, 2.24) is 0 Å². The number of para-hydroxylation sites is 1. The number of esters is 1. The van der Waals surface area contributed by atoms with E-state index in [0.29, 0.717) is 11.3 Å². The third-order valence-electron chi connectivity index (χ3n) is 3.41. The smallest absolute Gasteiger partial charge is 0.341 e. The fraction of sp³-hybridized carbons (Fsp3) is 0.118. The van der Waals surface area contributed by atoms with Gasteiger partial charge in [0, 0.05) is 0 Å². The van der Waals surface area contributed by atoms with Crippen LogP contribution in [0.4, 0.5) is 0 Å². The molecule has 1 aliphatic heterocycles. The summed E-state index contributed by atoms with van der Waals surface area (Å²) in [5.41, 5.74) is 1.38. The summed E-state index contributed by atoms with van der Waals surface area (Å²) in [6.45, 7) is 0. The van der Waals surface area contributed by atoms with Gasteiger partial charge in [-0.05, 0) is 17.7 Å². The van der Waals surface area contributed by atoms with E-state index in [2.05, 4.69) is 0 Å². The van der Waals surface area contributed by atoms with Crippen molar-refractivity contribution < 1.29 is 19.4 Å². The van der Waals surface area contributed by atoms with Crippen LogP contribution in [0, 0.1) is 0 Å². The molecule has 0 radical (unpaired) electrons. The van der Waals surface area contributed by atoms with Crippen LogP contribution in [0.2, 0.25) is 0 Å². The molecule has 1 heterocycles. The van der Waals surface area contributed by atoms with Crippen LogP contribution in [-0.2, 0) is 9.53 Å². The molecule has 0 aliphatic carbocycles. The van der Waals surface area contributed by atoms with Crippen molar-refractivity contribution in [3.05, 3.63) is 71.3 Å². The Bertz CT molecular complexity index is 704. The quantitative estimate of drug-likeness (QED) is 0.859. The molecule has 0 bridgehead atoms. The Kier molecular flexibility index (Phi) is 3.36. The summed E-state index contributed by atoms with van der Waals surface area (Å²) in [7, 11) is 1.28. The van der Waals surface area contributed by atoms with Gasteiger partial charge in [-0.3, -0.25) is 0 Å². The minimum atomic E-state index is -0.687. The second kappa shape index (κ2) is 5.32. The largest absolute Gasteiger partial charge is 0.506 e. The minimum absolute atomic E-state index is 0.0995. The van der Waals surface area contributed by atoms with E-state index >= 15 is 0 Å². The van der Waals surface area contributed by atoms with Gasteiger partial charge in [-0.1, -0.05) is 42.5 Å². The molecule has 0 saturated carbocycles. The predicted octanol–water partition coefficient (Wildman–Crippen LogP) is 3.26. The molecule has 1 N–H and O–H groups in total. The lowest BCUT2D eigenvalue weighted by Gasteiger charge is -2.27. The van der Waals surface area contributed by atoms with Crippen LogP contribution in [-0.4, -0.2) is 18.2 Å². The molecule has 1 atom stereocenters. The lowest BCUT2D eigenvalue weighted by molar-refractivity contribution is -0.137. The highest BCUT2D eigenvalue weighted by Gasteiger charge is 2.34. The summed E-state index contributed by atoms with van der Waals surface area (Å²) in [6.07, 6.45) is -0.687. The van der Waals surface area contributed by atoms with Crippen molar-refractivity contribution >= 4 is 11.7 Å². The van der Waals surface area contributed by atoms with Crippen molar-refractivity contribution in [3.8, 4) is 5.75 Å². The number of aliphatic hydroxyl groups excluding tert-OH is 1. The molecule has 3 rings (SSSR count). The van der Waals surface area contributed by atoms with Crippen LogP contribution in [0.1, 0.15) is 17.2 Å². The average molecular weight is 282 g/mol. The SMILES string of the molecule is COC(=O)C1=C(O)c2ccccc2OC1c1ccccc1. The van der Waals surface area contributed by atoms with Crippen molar-refractivity contribution in [3.63, 3.8) is 0 Å². The molecule has 21 heavy (non-hydrogen) atoms. The maximum Gasteiger partial charge on any atom is 0.341 e. The first-order chi connectivity index (χ1) is 10.2. The first-order valence-electron chi connectivity index (χ1n) is 6.55. The monoisotopic (exact) mass is 282 g/mol. The topological polar surface area (TPSA) is 55.8 Å². The van der Waals surface area contributed by atoms with Gasteiger partial charge in [0.1, 0.15) is 17.1 Å². The van der Waals surface area contributed by atoms with Gasteiger partial charge in [0.15, 0.2) is 6.10 Å². The first-order valence-corrected chi connectivity index (χ1v) is 6.55. The van der Waals surface area contributed by atoms with Gasteiger partial charge in [-0.2, -0.15) is 0 Å². The molecule has 2 aromatic carbocycles. The Hall–Kier alpha value is -2.75. The number of carbonyl (C=O) groups excluding carboxylic acids is 1. The third kappa shape index (κ3) is 2.25. The van der Waals surface area contributed by atoms with Crippen molar-refractivity contribution in [2.45, 2.75) is 6.10 Å². The molecule has 0 saturated heterocycles. The fourth-order valence-corrected chi connectivity index (χ4v) is 2.40. The predicted molar refractivity (Wildman–Crippen MR) is 77.8 cm³/mol. The zero-order chi connectivity index (χ0) is 14.8. The molecule has 4 heteroatoms. The lowest BCUT2D eigenvalue weighted by Crippen LogP contribution is -2.23. The van der Waals surface area contributed by atoms with Gasteiger partial charge in [0.05, 0.1) is 12.7 Å². The summed E-state index contributed by atoms with van der Waals surface area (Å²) < 4.78 is 10.7. The highest BCUT2D eigenvalue weighted by Crippen LogP contribution is 2.41. The first kappa shape index (κ1) is 13.2. The highest BCUT2D eigenvalue weighted by atomic mass is 16.5. The van der Waals surface area contributed by atoms with Crippen molar-refractivity contribution in [1.29, 1.82) is 0 Å². The molecule has 0 aromatic heterocycles. The maximum atomic E-state index is 12.1. The molecule has 1 unspecified atom stereocenters. The molecule has 1 aliphatic rings. The summed E-state index contributed by atoms with van der Waals surface area (Å²) in [6, 6.07) is 16.3. The van der Waals surface area contributed by atoms with Crippen LogP contribution in [0.25, 0.3) is 5.76 Å². The molecular weight excluding hydrogens is 268 g/mol. The summed E-state index contributed by atoms with van der Waals surface area (Å²) in [5.74, 6) is -0.162. The molecule has 0 amide bonds. The number of benzene rings is 2. The average Bonchev–Trinajstić information content (AvgIpc) is 2.55. The van der Waals surface area contributed by atoms with Gasteiger partial charge >= 0.3 is 5.97 Å². The third-order valence-corrected chi connectivity index (χ3v) is 3.41.